The highest BCUT2D eigenvalue weighted by Gasteiger charge is 2.14. The highest BCUT2D eigenvalue weighted by molar-refractivity contribution is 6.05. The van der Waals surface area contributed by atoms with Gasteiger partial charge in [0.1, 0.15) is 0 Å². The first-order valence-electron chi connectivity index (χ1n) is 7.60. The van der Waals surface area contributed by atoms with Gasteiger partial charge in [-0.05, 0) is 23.8 Å². The Kier molecular flexibility index (Phi) is 4.57. The van der Waals surface area contributed by atoms with Crippen molar-refractivity contribution >= 4 is 28.9 Å². The quantitative estimate of drug-likeness (QED) is 0.545. The normalized spacial score (nSPS) is 11.0. The smallest absolute Gasteiger partial charge is 0.335 e. The van der Waals surface area contributed by atoms with E-state index in [1.165, 1.54) is 25.4 Å². The lowest BCUT2D eigenvalue weighted by Gasteiger charge is -2.06. The molecule has 0 bridgehead atoms. The van der Waals surface area contributed by atoms with E-state index in [9.17, 15) is 14.4 Å². The molecule has 8 heteroatoms. The molecule has 1 aromatic heterocycles. The number of carboxylic acid groups (broad SMARTS) is 1. The number of benzene rings is 2. The maximum Gasteiger partial charge on any atom is 0.335 e. The standard InChI is InChI=1S/C18H14N4O4/c1-22-17(24)14-5-3-2-4-13(14)15(21-22)16(23)20-19-10-11-6-8-12(9-7-11)18(25)26/h2-10H,1H3,(H,20,23)(H,25,26). The maximum atomic E-state index is 12.4. The minimum Gasteiger partial charge on any atom is -0.478 e. The van der Waals surface area contributed by atoms with Gasteiger partial charge in [0.2, 0.25) is 0 Å². The molecule has 130 valence electrons. The summed E-state index contributed by atoms with van der Waals surface area (Å²) in [6.07, 6.45) is 1.38. The van der Waals surface area contributed by atoms with E-state index in [0.717, 1.165) is 4.68 Å². The molecular weight excluding hydrogens is 336 g/mol. The summed E-state index contributed by atoms with van der Waals surface area (Å²) in [5.74, 6) is -1.58. The zero-order chi connectivity index (χ0) is 18.7. The zero-order valence-corrected chi connectivity index (χ0v) is 13.7. The van der Waals surface area contributed by atoms with Crippen molar-refractivity contribution < 1.29 is 14.7 Å². The predicted octanol–water partition coefficient (Wildman–Crippen LogP) is 1.40. The van der Waals surface area contributed by atoms with Crippen LogP contribution >= 0.6 is 0 Å². The summed E-state index contributed by atoms with van der Waals surface area (Å²) in [4.78, 5) is 35.3. The van der Waals surface area contributed by atoms with E-state index in [1.807, 2.05) is 0 Å². The number of fused-ring (bicyclic) bond motifs is 1. The van der Waals surface area contributed by atoms with Crippen LogP contribution in [-0.4, -0.2) is 33.0 Å². The number of aryl methyl sites for hydroxylation is 1. The molecule has 0 saturated carbocycles. The van der Waals surface area contributed by atoms with Gasteiger partial charge in [0, 0.05) is 12.4 Å². The van der Waals surface area contributed by atoms with E-state index in [-0.39, 0.29) is 16.8 Å². The Labute approximate surface area is 147 Å². The predicted molar refractivity (Wildman–Crippen MR) is 95.4 cm³/mol. The molecule has 0 aliphatic heterocycles. The Morgan fingerprint density at radius 2 is 1.77 bits per heavy atom. The van der Waals surface area contributed by atoms with Crippen molar-refractivity contribution in [1.29, 1.82) is 0 Å². The number of aromatic carboxylic acids is 1. The highest BCUT2D eigenvalue weighted by atomic mass is 16.4. The summed E-state index contributed by atoms with van der Waals surface area (Å²) < 4.78 is 1.10. The van der Waals surface area contributed by atoms with Crippen LogP contribution in [0.25, 0.3) is 10.8 Å². The number of carbonyl (C=O) groups excluding carboxylic acids is 1. The van der Waals surface area contributed by atoms with Gasteiger partial charge < -0.3 is 5.11 Å². The van der Waals surface area contributed by atoms with Crippen LogP contribution in [-0.2, 0) is 7.05 Å². The number of carbonyl (C=O) groups is 2. The number of hydrogen-bond acceptors (Lipinski definition) is 5. The SMILES string of the molecule is Cn1nc(C(=O)NN=Cc2ccc(C(=O)O)cc2)c2ccccc2c1=O. The molecule has 1 amide bonds. The maximum absolute atomic E-state index is 12.4. The first-order chi connectivity index (χ1) is 12.5. The van der Waals surface area contributed by atoms with Crippen LogP contribution < -0.4 is 11.0 Å². The molecule has 0 aliphatic rings. The summed E-state index contributed by atoms with van der Waals surface area (Å²) in [5.41, 5.74) is 2.93. The van der Waals surface area contributed by atoms with Gasteiger partial charge >= 0.3 is 5.97 Å². The molecule has 3 rings (SSSR count). The van der Waals surface area contributed by atoms with Crippen molar-refractivity contribution in [3.05, 3.63) is 75.7 Å². The van der Waals surface area contributed by atoms with E-state index in [4.69, 9.17) is 5.11 Å². The van der Waals surface area contributed by atoms with Crippen LogP contribution in [0.3, 0.4) is 0 Å². The second-order valence-corrected chi connectivity index (χ2v) is 5.45. The lowest BCUT2D eigenvalue weighted by molar-refractivity contribution is 0.0696. The molecule has 2 aromatic carbocycles. The molecular formula is C18H14N4O4. The fourth-order valence-corrected chi connectivity index (χ4v) is 2.40. The molecule has 0 radical (unpaired) electrons. The fraction of sp³-hybridized carbons (Fsp3) is 0.0556. The van der Waals surface area contributed by atoms with E-state index in [1.54, 1.807) is 36.4 Å². The van der Waals surface area contributed by atoms with Gasteiger partial charge in [0.25, 0.3) is 11.5 Å². The lowest BCUT2D eigenvalue weighted by Crippen LogP contribution is -2.27. The molecule has 0 aliphatic carbocycles. The fourth-order valence-electron chi connectivity index (χ4n) is 2.40. The number of rotatable bonds is 4. The van der Waals surface area contributed by atoms with Gasteiger partial charge in [-0.3, -0.25) is 9.59 Å². The van der Waals surface area contributed by atoms with Crippen molar-refractivity contribution in [3.8, 4) is 0 Å². The van der Waals surface area contributed by atoms with Crippen molar-refractivity contribution in [2.24, 2.45) is 12.1 Å². The number of nitrogens with zero attached hydrogens (tertiary/aromatic N) is 3. The summed E-state index contributed by atoms with van der Waals surface area (Å²) >= 11 is 0. The number of amides is 1. The Bertz CT molecular complexity index is 1080. The first kappa shape index (κ1) is 17.0. The average Bonchev–Trinajstić information content (AvgIpc) is 2.65. The summed E-state index contributed by atoms with van der Waals surface area (Å²) in [7, 11) is 1.47. The third-order valence-corrected chi connectivity index (χ3v) is 3.71. The van der Waals surface area contributed by atoms with Gasteiger partial charge in [-0.25, -0.2) is 14.9 Å². The molecule has 0 spiro atoms. The van der Waals surface area contributed by atoms with Crippen LogP contribution in [0.5, 0.6) is 0 Å². The van der Waals surface area contributed by atoms with Crippen LogP contribution in [0.2, 0.25) is 0 Å². The number of hydrazone groups is 1. The van der Waals surface area contributed by atoms with E-state index in [0.29, 0.717) is 16.3 Å². The topological polar surface area (TPSA) is 114 Å². The van der Waals surface area contributed by atoms with Gasteiger partial charge in [-0.2, -0.15) is 10.2 Å². The minimum atomic E-state index is -1.02. The Morgan fingerprint density at radius 3 is 2.42 bits per heavy atom. The molecule has 2 N–H and O–H groups in total. The van der Waals surface area contributed by atoms with E-state index in [2.05, 4.69) is 15.6 Å². The third kappa shape index (κ3) is 3.34. The second kappa shape index (κ2) is 6.98. The number of carboxylic acids is 1. The molecule has 26 heavy (non-hydrogen) atoms. The largest absolute Gasteiger partial charge is 0.478 e. The van der Waals surface area contributed by atoms with Gasteiger partial charge in [-0.15, -0.1) is 0 Å². The first-order valence-corrected chi connectivity index (χ1v) is 7.60. The molecule has 1 heterocycles. The number of hydrogen-bond donors (Lipinski definition) is 2. The summed E-state index contributed by atoms with van der Waals surface area (Å²) in [5, 5.41) is 17.6. The zero-order valence-electron chi connectivity index (χ0n) is 13.7. The molecule has 3 aromatic rings. The van der Waals surface area contributed by atoms with Gasteiger partial charge in [-0.1, -0.05) is 30.3 Å². The highest BCUT2D eigenvalue weighted by Crippen LogP contribution is 2.12. The minimum absolute atomic E-state index is 0.0843. The van der Waals surface area contributed by atoms with E-state index < -0.39 is 11.9 Å². The monoisotopic (exact) mass is 350 g/mol. The van der Waals surface area contributed by atoms with E-state index >= 15 is 0 Å². The molecule has 8 nitrogen and oxygen atoms in total. The van der Waals surface area contributed by atoms with Crippen molar-refractivity contribution in [1.82, 2.24) is 15.2 Å². The van der Waals surface area contributed by atoms with Crippen LogP contribution in [0.4, 0.5) is 0 Å². The van der Waals surface area contributed by atoms with Crippen molar-refractivity contribution in [2.45, 2.75) is 0 Å². The Balaban J connectivity index is 1.82. The third-order valence-electron chi connectivity index (χ3n) is 3.71. The number of nitrogens with one attached hydrogen (secondary N) is 1. The van der Waals surface area contributed by atoms with Gasteiger partial charge in [0.15, 0.2) is 5.69 Å². The Morgan fingerprint density at radius 1 is 1.12 bits per heavy atom. The van der Waals surface area contributed by atoms with Crippen molar-refractivity contribution in [2.75, 3.05) is 0 Å². The molecule has 0 atom stereocenters. The van der Waals surface area contributed by atoms with Crippen LogP contribution in [0.1, 0.15) is 26.4 Å². The van der Waals surface area contributed by atoms with Crippen LogP contribution in [0.15, 0.2) is 58.4 Å². The second-order valence-electron chi connectivity index (χ2n) is 5.45. The van der Waals surface area contributed by atoms with Crippen molar-refractivity contribution in [3.63, 3.8) is 0 Å². The average molecular weight is 350 g/mol. The molecule has 0 fully saturated rings. The summed E-state index contributed by atoms with van der Waals surface area (Å²) in [6, 6.07) is 12.7. The van der Waals surface area contributed by atoms with Gasteiger partial charge in [0.05, 0.1) is 17.2 Å². The number of aromatic nitrogens is 2. The van der Waals surface area contributed by atoms with Crippen LogP contribution in [0, 0.1) is 0 Å². The lowest BCUT2D eigenvalue weighted by atomic mass is 10.1. The summed E-state index contributed by atoms with van der Waals surface area (Å²) in [6.45, 7) is 0. The molecule has 0 unspecified atom stereocenters. The molecule has 0 saturated heterocycles. The Hall–Kier alpha value is -3.81.